The highest BCUT2D eigenvalue weighted by atomic mass is 127. The highest BCUT2D eigenvalue weighted by Gasteiger charge is 2.37. The quantitative estimate of drug-likeness (QED) is 0.325. The van der Waals surface area contributed by atoms with Crippen molar-refractivity contribution in [2.75, 3.05) is 0 Å². The van der Waals surface area contributed by atoms with Crippen molar-refractivity contribution in [3.8, 4) is 0 Å². The summed E-state index contributed by atoms with van der Waals surface area (Å²) in [5.74, 6) is -0.414. The largest absolute Gasteiger partial charge is 0.269 e. The number of imide groups is 1. The van der Waals surface area contributed by atoms with Crippen LogP contribution >= 0.6 is 38.5 Å². The minimum absolute atomic E-state index is 0.131. The van der Waals surface area contributed by atoms with Crippen LogP contribution in [0.25, 0.3) is 0 Å². The third kappa shape index (κ3) is 1.71. The maximum absolute atomic E-state index is 11.9. The Kier molecular flexibility index (Phi) is 2.85. The van der Waals surface area contributed by atoms with Crippen LogP contribution in [0.3, 0.4) is 0 Å². The molecule has 1 aromatic rings. The molecule has 15 heavy (non-hydrogen) atoms. The van der Waals surface area contributed by atoms with Crippen LogP contribution in [0.15, 0.2) is 22.7 Å². The van der Waals surface area contributed by atoms with E-state index in [4.69, 9.17) is 0 Å². The number of nitrogens with zero attached hydrogens (tertiary/aromatic N) is 1. The minimum Gasteiger partial charge on any atom is -0.269 e. The lowest BCUT2D eigenvalue weighted by Gasteiger charge is -2.16. The molecule has 0 fully saturated rings. The molecule has 5 heteroatoms. The summed E-state index contributed by atoms with van der Waals surface area (Å²) in [6.07, 6.45) is 0. The Hall–Kier alpha value is -0.430. The molecule has 0 aliphatic carbocycles. The lowest BCUT2D eigenvalue weighted by molar-refractivity contribution is 0.0653. The molecule has 0 bridgehead atoms. The van der Waals surface area contributed by atoms with Crippen molar-refractivity contribution in [2.24, 2.45) is 0 Å². The number of fused-ring (bicyclic) bond motifs is 1. The standard InChI is InChI=1S/C10H7BrINO2/c1-5(12)13-9(14)7-3-2-6(11)4-8(7)10(13)15/h2-5H,1H3/t5-/m0/s1. The van der Waals surface area contributed by atoms with Crippen molar-refractivity contribution in [3.63, 3.8) is 0 Å². The average molecular weight is 380 g/mol. The Morgan fingerprint density at radius 1 is 1.27 bits per heavy atom. The van der Waals surface area contributed by atoms with Crippen LogP contribution in [0.1, 0.15) is 27.6 Å². The fourth-order valence-electron chi connectivity index (χ4n) is 1.55. The summed E-state index contributed by atoms with van der Waals surface area (Å²) >= 11 is 5.34. The van der Waals surface area contributed by atoms with Gasteiger partial charge in [0.1, 0.15) is 0 Å². The number of amides is 2. The van der Waals surface area contributed by atoms with Gasteiger partial charge in [-0.3, -0.25) is 14.5 Å². The number of benzene rings is 1. The van der Waals surface area contributed by atoms with Gasteiger partial charge in [-0.05, 0) is 25.1 Å². The number of alkyl halides is 1. The monoisotopic (exact) mass is 379 g/mol. The maximum atomic E-state index is 11.9. The molecule has 1 aliphatic heterocycles. The maximum Gasteiger partial charge on any atom is 0.262 e. The summed E-state index contributed by atoms with van der Waals surface area (Å²) in [5.41, 5.74) is 0.976. The van der Waals surface area contributed by atoms with Gasteiger partial charge >= 0.3 is 0 Å². The Morgan fingerprint density at radius 3 is 2.47 bits per heavy atom. The molecule has 2 rings (SSSR count). The lowest BCUT2D eigenvalue weighted by Crippen LogP contribution is -2.34. The van der Waals surface area contributed by atoms with Gasteiger partial charge in [-0.25, -0.2) is 0 Å². The normalized spacial score (nSPS) is 16.9. The molecule has 0 saturated carbocycles. The fourth-order valence-corrected chi connectivity index (χ4v) is 2.42. The van der Waals surface area contributed by atoms with E-state index in [0.29, 0.717) is 11.1 Å². The summed E-state index contributed by atoms with van der Waals surface area (Å²) < 4.78 is 0.680. The smallest absolute Gasteiger partial charge is 0.262 e. The Labute approximate surface area is 109 Å². The van der Waals surface area contributed by atoms with Crippen LogP contribution < -0.4 is 0 Å². The van der Waals surface area contributed by atoms with Crippen LogP contribution in [0.5, 0.6) is 0 Å². The first-order valence-electron chi connectivity index (χ1n) is 4.34. The van der Waals surface area contributed by atoms with Gasteiger partial charge in [0.05, 0.1) is 15.2 Å². The van der Waals surface area contributed by atoms with Gasteiger partial charge in [0.15, 0.2) is 0 Å². The molecule has 0 radical (unpaired) electrons. The van der Waals surface area contributed by atoms with E-state index < -0.39 is 0 Å². The van der Waals surface area contributed by atoms with Crippen molar-refractivity contribution >= 4 is 50.3 Å². The zero-order valence-electron chi connectivity index (χ0n) is 7.83. The third-order valence-corrected chi connectivity index (χ3v) is 3.29. The third-order valence-electron chi connectivity index (χ3n) is 2.24. The molecular weight excluding hydrogens is 373 g/mol. The number of carbonyl (C=O) groups is 2. The van der Waals surface area contributed by atoms with Crippen LogP contribution in [-0.2, 0) is 0 Å². The Bertz CT molecular complexity index is 459. The first-order chi connectivity index (χ1) is 7.02. The van der Waals surface area contributed by atoms with Crippen molar-refractivity contribution in [1.29, 1.82) is 0 Å². The second-order valence-corrected chi connectivity index (χ2v) is 5.96. The Morgan fingerprint density at radius 2 is 1.87 bits per heavy atom. The van der Waals surface area contributed by atoms with Gasteiger partial charge in [-0.15, -0.1) is 0 Å². The number of rotatable bonds is 1. The Balaban J connectivity index is 2.56. The number of carbonyl (C=O) groups excluding carboxylic acids is 2. The summed E-state index contributed by atoms with van der Waals surface area (Å²) in [5, 5.41) is 0. The molecule has 0 saturated heterocycles. The number of halogens is 2. The molecule has 3 nitrogen and oxygen atoms in total. The van der Waals surface area contributed by atoms with Gasteiger partial charge in [0.2, 0.25) is 0 Å². The van der Waals surface area contributed by atoms with Gasteiger partial charge < -0.3 is 0 Å². The van der Waals surface area contributed by atoms with Crippen molar-refractivity contribution in [2.45, 2.75) is 11.0 Å². The molecule has 0 aromatic heterocycles. The number of hydrogen-bond acceptors (Lipinski definition) is 2. The second-order valence-electron chi connectivity index (χ2n) is 3.24. The van der Waals surface area contributed by atoms with Crippen LogP contribution in [0.4, 0.5) is 0 Å². The van der Waals surface area contributed by atoms with E-state index in [-0.39, 0.29) is 15.9 Å². The minimum atomic E-state index is -0.210. The predicted octanol–water partition coefficient (Wildman–Crippen LogP) is 2.83. The van der Waals surface area contributed by atoms with E-state index in [9.17, 15) is 9.59 Å². The first kappa shape index (κ1) is 11.1. The summed E-state index contributed by atoms with van der Waals surface area (Å²) in [6, 6.07) is 5.14. The summed E-state index contributed by atoms with van der Waals surface area (Å²) in [7, 11) is 0. The zero-order chi connectivity index (χ0) is 11.2. The first-order valence-corrected chi connectivity index (χ1v) is 6.37. The molecule has 78 valence electrons. The molecule has 0 N–H and O–H groups in total. The van der Waals surface area contributed by atoms with Crippen LogP contribution in [0.2, 0.25) is 0 Å². The molecule has 2 amide bonds. The van der Waals surface area contributed by atoms with Crippen molar-refractivity contribution < 1.29 is 9.59 Å². The highest BCUT2D eigenvalue weighted by molar-refractivity contribution is 14.1. The molecule has 0 spiro atoms. The van der Waals surface area contributed by atoms with E-state index >= 15 is 0 Å². The van der Waals surface area contributed by atoms with Gasteiger partial charge in [0.25, 0.3) is 11.8 Å². The van der Waals surface area contributed by atoms with Crippen molar-refractivity contribution in [1.82, 2.24) is 4.90 Å². The molecule has 1 atom stereocenters. The van der Waals surface area contributed by atoms with E-state index in [1.54, 1.807) is 18.2 Å². The lowest BCUT2D eigenvalue weighted by atomic mass is 10.1. The van der Waals surface area contributed by atoms with Crippen LogP contribution in [-0.4, -0.2) is 20.8 Å². The second kappa shape index (κ2) is 3.86. The van der Waals surface area contributed by atoms with Crippen LogP contribution in [0, 0.1) is 0 Å². The summed E-state index contributed by atoms with van der Waals surface area (Å²) in [4.78, 5) is 25.0. The topological polar surface area (TPSA) is 37.4 Å². The predicted molar refractivity (Wildman–Crippen MR) is 68.1 cm³/mol. The van der Waals surface area contributed by atoms with Gasteiger partial charge in [-0.2, -0.15) is 0 Å². The number of hydrogen-bond donors (Lipinski definition) is 0. The fraction of sp³-hybridized carbons (Fsp3) is 0.200. The van der Waals surface area contributed by atoms with E-state index in [2.05, 4.69) is 38.5 Å². The van der Waals surface area contributed by atoms with E-state index in [1.807, 2.05) is 6.92 Å². The molecule has 1 aliphatic rings. The zero-order valence-corrected chi connectivity index (χ0v) is 11.6. The molecule has 0 unspecified atom stereocenters. The van der Waals surface area contributed by atoms with Gasteiger partial charge in [0, 0.05) is 4.47 Å². The van der Waals surface area contributed by atoms with E-state index in [0.717, 1.165) is 4.47 Å². The molecule has 1 aromatic carbocycles. The van der Waals surface area contributed by atoms with E-state index in [1.165, 1.54) is 4.90 Å². The molecular formula is C10H7BrINO2. The SMILES string of the molecule is C[C@@H](I)N1C(=O)c2ccc(Br)cc2C1=O. The average Bonchev–Trinajstić information content (AvgIpc) is 2.39. The van der Waals surface area contributed by atoms with Gasteiger partial charge in [-0.1, -0.05) is 38.5 Å². The molecule has 1 heterocycles. The highest BCUT2D eigenvalue weighted by Crippen LogP contribution is 2.28. The van der Waals surface area contributed by atoms with Crippen molar-refractivity contribution in [3.05, 3.63) is 33.8 Å². The summed E-state index contributed by atoms with van der Waals surface area (Å²) in [6.45, 7) is 1.82.